The van der Waals surface area contributed by atoms with Crippen LogP contribution in [0.4, 0.5) is 5.69 Å². The van der Waals surface area contributed by atoms with Gasteiger partial charge in [0.25, 0.3) is 0 Å². The number of amides is 2. The minimum absolute atomic E-state index is 0.0875. The molecule has 10 heteroatoms. The lowest BCUT2D eigenvalue weighted by molar-refractivity contribution is -0.139. The molecule has 0 aliphatic carbocycles. The molecule has 2 aromatic rings. The van der Waals surface area contributed by atoms with Crippen LogP contribution in [-0.4, -0.2) is 63.4 Å². The van der Waals surface area contributed by atoms with Gasteiger partial charge in [-0.25, -0.2) is 8.42 Å². The third-order valence-corrected chi connectivity index (χ3v) is 6.72. The van der Waals surface area contributed by atoms with Crippen LogP contribution >= 0.6 is 0 Å². The fourth-order valence-electron chi connectivity index (χ4n) is 3.46. The topological polar surface area (TPSA) is 113 Å². The molecule has 2 rings (SSSR count). The summed E-state index contributed by atoms with van der Waals surface area (Å²) in [6.07, 6.45) is 0.993. The SMILES string of the molecule is COc1ccc(CN(C(=O)CN(c2cccc(C(C)=O)c2)S(C)(=O)=O)[C@@H](C)C(=O)NCC(C)C)cc1. The van der Waals surface area contributed by atoms with Crippen LogP contribution in [0, 0.1) is 5.92 Å². The molecule has 0 saturated carbocycles. The zero-order chi connectivity index (χ0) is 27.0. The van der Waals surface area contributed by atoms with Crippen LogP contribution in [0.25, 0.3) is 0 Å². The molecule has 0 unspecified atom stereocenters. The Hall–Kier alpha value is -3.40. The Morgan fingerprint density at radius 3 is 2.19 bits per heavy atom. The number of hydrogen-bond donors (Lipinski definition) is 1. The number of benzene rings is 2. The summed E-state index contributed by atoms with van der Waals surface area (Å²) in [5.74, 6) is -0.256. The number of nitrogens with one attached hydrogen (secondary N) is 1. The lowest BCUT2D eigenvalue weighted by Gasteiger charge is -2.31. The van der Waals surface area contributed by atoms with Crippen LogP contribution in [-0.2, 0) is 26.2 Å². The van der Waals surface area contributed by atoms with Crippen molar-refractivity contribution in [3.63, 3.8) is 0 Å². The van der Waals surface area contributed by atoms with E-state index in [9.17, 15) is 22.8 Å². The van der Waals surface area contributed by atoms with Gasteiger partial charge in [-0.05, 0) is 49.6 Å². The van der Waals surface area contributed by atoms with Gasteiger partial charge in [-0.1, -0.05) is 38.1 Å². The van der Waals surface area contributed by atoms with Gasteiger partial charge >= 0.3 is 0 Å². The molecule has 0 heterocycles. The van der Waals surface area contributed by atoms with Crippen LogP contribution in [0.2, 0.25) is 0 Å². The largest absolute Gasteiger partial charge is 0.497 e. The highest BCUT2D eigenvalue weighted by Gasteiger charge is 2.30. The van der Waals surface area contributed by atoms with Gasteiger partial charge in [0, 0.05) is 18.7 Å². The molecule has 0 saturated heterocycles. The summed E-state index contributed by atoms with van der Waals surface area (Å²) in [5, 5.41) is 2.83. The molecule has 0 fully saturated rings. The number of hydrogen-bond acceptors (Lipinski definition) is 6. The van der Waals surface area contributed by atoms with Gasteiger partial charge in [-0.15, -0.1) is 0 Å². The highest BCUT2D eigenvalue weighted by Crippen LogP contribution is 2.21. The smallest absolute Gasteiger partial charge is 0.244 e. The monoisotopic (exact) mass is 517 g/mol. The van der Waals surface area contributed by atoms with Crippen LogP contribution in [0.5, 0.6) is 5.75 Å². The van der Waals surface area contributed by atoms with E-state index in [1.54, 1.807) is 50.4 Å². The summed E-state index contributed by atoms with van der Waals surface area (Å²) in [5.41, 5.74) is 1.27. The average molecular weight is 518 g/mol. The second kappa shape index (κ2) is 12.5. The van der Waals surface area contributed by atoms with E-state index >= 15 is 0 Å². The predicted octanol–water partition coefficient (Wildman–Crippen LogP) is 2.85. The second-order valence-electron chi connectivity index (χ2n) is 9.06. The van der Waals surface area contributed by atoms with Gasteiger partial charge in [-0.3, -0.25) is 18.7 Å². The molecule has 0 aliphatic heterocycles. The lowest BCUT2D eigenvalue weighted by atomic mass is 10.1. The molecule has 1 N–H and O–H groups in total. The average Bonchev–Trinajstić information content (AvgIpc) is 2.83. The number of carbonyl (C=O) groups excluding carboxylic acids is 3. The Bertz CT molecular complexity index is 1180. The number of Topliss-reactive ketones (excluding diaryl/α,β-unsaturated/α-hetero) is 1. The Balaban J connectivity index is 2.40. The van der Waals surface area contributed by atoms with E-state index in [2.05, 4.69) is 5.32 Å². The van der Waals surface area contributed by atoms with Crippen molar-refractivity contribution in [2.24, 2.45) is 5.92 Å². The van der Waals surface area contributed by atoms with Crippen molar-refractivity contribution in [1.82, 2.24) is 10.2 Å². The van der Waals surface area contributed by atoms with Crippen LogP contribution < -0.4 is 14.4 Å². The molecule has 36 heavy (non-hydrogen) atoms. The highest BCUT2D eigenvalue weighted by atomic mass is 32.2. The molecular weight excluding hydrogens is 482 g/mol. The van der Waals surface area contributed by atoms with Gasteiger partial charge in [0.2, 0.25) is 21.8 Å². The Labute approximate surface area is 213 Å². The Morgan fingerprint density at radius 1 is 1.03 bits per heavy atom. The van der Waals surface area contributed by atoms with E-state index in [1.807, 2.05) is 13.8 Å². The first-order valence-electron chi connectivity index (χ1n) is 11.6. The summed E-state index contributed by atoms with van der Waals surface area (Å²) in [7, 11) is -2.33. The van der Waals surface area contributed by atoms with Crippen LogP contribution in [0.1, 0.15) is 43.6 Å². The van der Waals surface area contributed by atoms with E-state index in [1.165, 1.54) is 24.0 Å². The van der Waals surface area contributed by atoms with E-state index in [0.29, 0.717) is 17.9 Å². The molecular formula is C26H35N3O6S. The van der Waals surface area contributed by atoms with Gasteiger partial charge in [0.1, 0.15) is 18.3 Å². The lowest BCUT2D eigenvalue weighted by Crippen LogP contribution is -2.51. The van der Waals surface area contributed by atoms with Crippen molar-refractivity contribution in [1.29, 1.82) is 0 Å². The van der Waals surface area contributed by atoms with Crippen molar-refractivity contribution in [3.8, 4) is 5.75 Å². The van der Waals surface area contributed by atoms with E-state index in [4.69, 9.17) is 4.74 Å². The van der Waals surface area contributed by atoms with E-state index in [-0.39, 0.29) is 29.8 Å². The van der Waals surface area contributed by atoms with Gasteiger partial charge in [0.15, 0.2) is 5.78 Å². The Morgan fingerprint density at radius 2 is 1.67 bits per heavy atom. The third-order valence-electron chi connectivity index (χ3n) is 5.58. The fraction of sp³-hybridized carbons (Fsp3) is 0.423. The van der Waals surface area contributed by atoms with Crippen molar-refractivity contribution in [3.05, 3.63) is 59.7 Å². The summed E-state index contributed by atoms with van der Waals surface area (Å²) < 4.78 is 31.4. The number of carbonyl (C=O) groups is 3. The summed E-state index contributed by atoms with van der Waals surface area (Å²) in [4.78, 5) is 39.6. The molecule has 196 valence electrons. The molecule has 0 aromatic heterocycles. The third kappa shape index (κ3) is 8.08. The van der Waals surface area contributed by atoms with Crippen LogP contribution in [0.3, 0.4) is 0 Å². The molecule has 0 radical (unpaired) electrons. The fourth-order valence-corrected chi connectivity index (χ4v) is 4.30. The van der Waals surface area contributed by atoms with E-state index < -0.39 is 28.5 Å². The maximum atomic E-state index is 13.6. The zero-order valence-corrected chi connectivity index (χ0v) is 22.5. The number of rotatable bonds is 12. The molecule has 9 nitrogen and oxygen atoms in total. The Kier molecular flexibility index (Phi) is 10.0. The number of sulfonamides is 1. The first-order valence-corrected chi connectivity index (χ1v) is 13.5. The first kappa shape index (κ1) is 28.8. The van der Waals surface area contributed by atoms with Crippen LogP contribution in [0.15, 0.2) is 48.5 Å². The van der Waals surface area contributed by atoms with Gasteiger partial charge < -0.3 is 15.0 Å². The van der Waals surface area contributed by atoms with Crippen molar-refractivity contribution in [2.75, 3.05) is 30.8 Å². The number of nitrogens with zero attached hydrogens (tertiary/aromatic N) is 2. The van der Waals surface area contributed by atoms with E-state index in [0.717, 1.165) is 16.1 Å². The molecule has 2 aromatic carbocycles. The molecule has 0 bridgehead atoms. The molecule has 0 spiro atoms. The second-order valence-corrected chi connectivity index (χ2v) is 11.0. The summed E-state index contributed by atoms with van der Waals surface area (Å²) in [6, 6.07) is 12.3. The maximum absolute atomic E-state index is 13.6. The normalized spacial score (nSPS) is 12.1. The summed E-state index contributed by atoms with van der Waals surface area (Å²) >= 11 is 0. The maximum Gasteiger partial charge on any atom is 0.244 e. The quantitative estimate of drug-likeness (QED) is 0.433. The molecule has 1 atom stereocenters. The predicted molar refractivity (Wildman–Crippen MR) is 139 cm³/mol. The molecule has 0 aliphatic rings. The number of ketones is 1. The highest BCUT2D eigenvalue weighted by molar-refractivity contribution is 7.92. The van der Waals surface area contributed by atoms with Gasteiger partial charge in [-0.2, -0.15) is 0 Å². The minimum atomic E-state index is -3.88. The van der Waals surface area contributed by atoms with Crippen molar-refractivity contribution in [2.45, 2.75) is 40.3 Å². The number of methoxy groups -OCH3 is 1. The molecule has 2 amide bonds. The standard InChI is InChI=1S/C26H35N3O6S/c1-18(2)15-27-26(32)19(3)28(16-21-10-12-24(35-5)13-11-21)25(31)17-29(36(6,33)34)23-9-7-8-22(14-23)20(4)30/h7-14,18-19H,15-17H2,1-6H3,(H,27,32)/t19-/m0/s1. The number of anilines is 1. The van der Waals surface area contributed by atoms with Crippen molar-refractivity contribution < 1.29 is 27.5 Å². The van der Waals surface area contributed by atoms with Gasteiger partial charge in [0.05, 0.1) is 19.1 Å². The number of ether oxygens (including phenoxy) is 1. The first-order chi connectivity index (χ1) is 16.8. The minimum Gasteiger partial charge on any atom is -0.497 e. The summed E-state index contributed by atoms with van der Waals surface area (Å²) in [6.45, 7) is 6.92. The zero-order valence-electron chi connectivity index (χ0n) is 21.6. The van der Waals surface area contributed by atoms with Crippen molar-refractivity contribution >= 4 is 33.3 Å².